The maximum Gasteiger partial charge on any atom is 0.433 e. The summed E-state index contributed by atoms with van der Waals surface area (Å²) in [6.45, 7) is 4.35. The second kappa shape index (κ2) is 9.03. The van der Waals surface area contributed by atoms with Crippen LogP contribution in [0.15, 0.2) is 30.3 Å². The zero-order valence-corrected chi connectivity index (χ0v) is 12.3. The molecule has 100 valence electrons. The fourth-order valence-electron chi connectivity index (χ4n) is 1.64. The SMILES string of the molecule is CCCC[S+](CCCC)C(=O)Nc1ccccc1. The first-order chi connectivity index (χ1) is 8.77. The molecule has 1 N–H and O–H groups in total. The lowest BCUT2D eigenvalue weighted by molar-refractivity contribution is 0.269. The highest BCUT2D eigenvalue weighted by Gasteiger charge is 2.27. The van der Waals surface area contributed by atoms with Gasteiger partial charge < -0.3 is 0 Å². The van der Waals surface area contributed by atoms with Gasteiger partial charge in [-0.25, -0.2) is 4.79 Å². The van der Waals surface area contributed by atoms with Crippen molar-refractivity contribution < 1.29 is 4.79 Å². The van der Waals surface area contributed by atoms with E-state index in [2.05, 4.69) is 19.2 Å². The average molecular weight is 266 g/mol. The zero-order valence-electron chi connectivity index (χ0n) is 11.4. The topological polar surface area (TPSA) is 29.1 Å². The van der Waals surface area contributed by atoms with Crippen LogP contribution in [0.3, 0.4) is 0 Å². The number of para-hydroxylation sites is 1. The molecule has 0 saturated carbocycles. The van der Waals surface area contributed by atoms with E-state index in [1.807, 2.05) is 30.3 Å². The predicted molar refractivity (Wildman–Crippen MR) is 82.4 cm³/mol. The van der Waals surface area contributed by atoms with Crippen molar-refractivity contribution in [2.75, 3.05) is 16.8 Å². The minimum absolute atomic E-state index is 0.119. The molecule has 0 aliphatic heterocycles. The molecule has 3 heteroatoms. The van der Waals surface area contributed by atoms with Crippen molar-refractivity contribution in [2.45, 2.75) is 39.5 Å². The number of unbranched alkanes of at least 4 members (excludes halogenated alkanes) is 2. The van der Waals surface area contributed by atoms with Crippen LogP contribution < -0.4 is 5.32 Å². The van der Waals surface area contributed by atoms with Gasteiger partial charge in [0.2, 0.25) is 0 Å². The van der Waals surface area contributed by atoms with Gasteiger partial charge in [0, 0.05) is 5.69 Å². The molecule has 0 bridgehead atoms. The van der Waals surface area contributed by atoms with Crippen LogP contribution in [-0.4, -0.2) is 16.7 Å². The first-order valence-corrected chi connectivity index (χ1v) is 8.37. The van der Waals surface area contributed by atoms with Gasteiger partial charge in [-0.3, -0.25) is 5.32 Å². The normalized spacial score (nSPS) is 10.6. The summed E-state index contributed by atoms with van der Waals surface area (Å²) in [5.41, 5.74) is 0.910. The van der Waals surface area contributed by atoms with E-state index in [1.54, 1.807) is 0 Å². The van der Waals surface area contributed by atoms with Crippen molar-refractivity contribution >= 4 is 21.8 Å². The Labute approximate surface area is 114 Å². The molecule has 0 heterocycles. The van der Waals surface area contributed by atoms with Gasteiger partial charge >= 0.3 is 5.24 Å². The molecule has 0 unspecified atom stereocenters. The summed E-state index contributed by atoms with van der Waals surface area (Å²) in [6.07, 6.45) is 4.62. The van der Waals surface area contributed by atoms with Gasteiger partial charge in [-0.2, -0.15) is 0 Å². The first-order valence-electron chi connectivity index (χ1n) is 6.81. The molecule has 0 atom stereocenters. The number of hydrogen-bond donors (Lipinski definition) is 1. The van der Waals surface area contributed by atoms with Gasteiger partial charge in [0.15, 0.2) is 0 Å². The Morgan fingerprint density at radius 3 is 2.11 bits per heavy atom. The molecule has 1 aromatic carbocycles. The van der Waals surface area contributed by atoms with E-state index in [4.69, 9.17) is 0 Å². The number of benzene rings is 1. The number of amides is 1. The Morgan fingerprint density at radius 2 is 1.61 bits per heavy atom. The van der Waals surface area contributed by atoms with Gasteiger partial charge in [0.05, 0.1) is 10.9 Å². The minimum atomic E-state index is -0.119. The van der Waals surface area contributed by atoms with Crippen LogP contribution in [0.4, 0.5) is 10.5 Å². The number of anilines is 1. The van der Waals surface area contributed by atoms with E-state index in [0.29, 0.717) is 0 Å². The molecule has 1 amide bonds. The monoisotopic (exact) mass is 266 g/mol. The van der Waals surface area contributed by atoms with Crippen molar-refractivity contribution in [3.05, 3.63) is 30.3 Å². The second-order valence-corrected chi connectivity index (χ2v) is 6.56. The quantitative estimate of drug-likeness (QED) is 0.726. The van der Waals surface area contributed by atoms with Crippen LogP contribution in [-0.2, 0) is 10.9 Å². The van der Waals surface area contributed by atoms with E-state index >= 15 is 0 Å². The summed E-state index contributed by atoms with van der Waals surface area (Å²) >= 11 is 0. The highest BCUT2D eigenvalue weighted by Crippen LogP contribution is 2.12. The molecule has 0 aliphatic carbocycles. The Bertz CT molecular complexity index is 332. The Kier molecular flexibility index (Phi) is 7.58. The summed E-state index contributed by atoms with van der Waals surface area (Å²) in [5, 5.41) is 3.24. The molecule has 0 fully saturated rings. The zero-order chi connectivity index (χ0) is 13.2. The van der Waals surface area contributed by atoms with Crippen LogP contribution in [0.5, 0.6) is 0 Å². The third-order valence-electron chi connectivity index (χ3n) is 2.77. The summed E-state index contributed by atoms with van der Waals surface area (Å²) < 4.78 is 0. The van der Waals surface area contributed by atoms with Crippen LogP contribution in [0.25, 0.3) is 0 Å². The third kappa shape index (κ3) is 5.58. The molecule has 18 heavy (non-hydrogen) atoms. The van der Waals surface area contributed by atoms with Crippen molar-refractivity contribution in [1.82, 2.24) is 0 Å². The Balaban J connectivity index is 2.52. The van der Waals surface area contributed by atoms with E-state index in [9.17, 15) is 4.79 Å². The smallest absolute Gasteiger partial charge is 0.281 e. The molecule has 0 aliphatic rings. The van der Waals surface area contributed by atoms with Gasteiger partial charge in [-0.15, -0.1) is 0 Å². The molecule has 0 spiro atoms. The fourth-order valence-corrected chi connectivity index (χ4v) is 3.75. The van der Waals surface area contributed by atoms with Gasteiger partial charge in [-0.1, -0.05) is 44.9 Å². The second-order valence-electron chi connectivity index (χ2n) is 4.39. The summed E-state index contributed by atoms with van der Waals surface area (Å²) in [4.78, 5) is 12.2. The molecule has 0 radical (unpaired) electrons. The molecule has 1 rings (SSSR count). The van der Waals surface area contributed by atoms with Crippen LogP contribution in [0, 0.1) is 0 Å². The number of rotatable bonds is 7. The predicted octanol–water partition coefficient (Wildman–Crippen LogP) is 4.44. The Morgan fingerprint density at radius 1 is 1.06 bits per heavy atom. The summed E-state index contributed by atoms with van der Waals surface area (Å²) in [6, 6.07) is 9.75. The van der Waals surface area contributed by atoms with Crippen molar-refractivity contribution in [3.63, 3.8) is 0 Å². The van der Waals surface area contributed by atoms with Gasteiger partial charge in [-0.05, 0) is 25.0 Å². The minimum Gasteiger partial charge on any atom is -0.281 e. The van der Waals surface area contributed by atoms with E-state index in [-0.39, 0.29) is 16.1 Å². The van der Waals surface area contributed by atoms with E-state index in [1.165, 1.54) is 0 Å². The van der Waals surface area contributed by atoms with Crippen LogP contribution >= 0.6 is 0 Å². The summed E-state index contributed by atoms with van der Waals surface area (Å²) in [5.74, 6) is 2.07. The lowest BCUT2D eigenvalue weighted by atomic mass is 10.3. The maximum atomic E-state index is 12.2. The summed E-state index contributed by atoms with van der Waals surface area (Å²) in [7, 11) is -0.119. The molecular formula is C15H24NOS+. The number of carbonyl (C=O) groups is 1. The van der Waals surface area contributed by atoms with Crippen LogP contribution in [0.2, 0.25) is 0 Å². The first kappa shape index (κ1) is 15.1. The third-order valence-corrected chi connectivity index (χ3v) is 4.96. The molecular weight excluding hydrogens is 242 g/mol. The lowest BCUT2D eigenvalue weighted by Crippen LogP contribution is -2.27. The molecule has 1 aromatic rings. The molecule has 0 aromatic heterocycles. The fraction of sp³-hybridized carbons (Fsp3) is 0.533. The largest absolute Gasteiger partial charge is 0.433 e. The van der Waals surface area contributed by atoms with E-state index < -0.39 is 0 Å². The molecule has 0 saturated heterocycles. The maximum absolute atomic E-state index is 12.2. The standard InChI is InChI=1S/C15H23NOS/c1-3-5-12-18(13-6-4-2)15(17)16-14-10-8-7-9-11-14/h7-11H,3-6,12-13H2,1-2H3/p+1. The van der Waals surface area contributed by atoms with Crippen molar-refractivity contribution in [1.29, 1.82) is 0 Å². The highest BCUT2D eigenvalue weighted by atomic mass is 32.2. The van der Waals surface area contributed by atoms with Crippen LogP contribution in [0.1, 0.15) is 39.5 Å². The van der Waals surface area contributed by atoms with Gasteiger partial charge in [0.1, 0.15) is 11.5 Å². The van der Waals surface area contributed by atoms with Crippen molar-refractivity contribution in [2.24, 2.45) is 0 Å². The Hall–Kier alpha value is -0.960. The number of hydrogen-bond acceptors (Lipinski definition) is 1. The lowest BCUT2D eigenvalue weighted by Gasteiger charge is -2.07. The van der Waals surface area contributed by atoms with E-state index in [0.717, 1.165) is 42.9 Å². The number of carbonyl (C=O) groups excluding carboxylic acids is 1. The number of nitrogens with one attached hydrogen (secondary N) is 1. The molecule has 2 nitrogen and oxygen atoms in total. The van der Waals surface area contributed by atoms with Crippen molar-refractivity contribution in [3.8, 4) is 0 Å². The van der Waals surface area contributed by atoms with Gasteiger partial charge in [0.25, 0.3) is 0 Å². The highest BCUT2D eigenvalue weighted by molar-refractivity contribution is 8.11. The average Bonchev–Trinajstić information content (AvgIpc) is 2.40.